The summed E-state index contributed by atoms with van der Waals surface area (Å²) in [4.78, 5) is 26.5. The van der Waals surface area contributed by atoms with E-state index in [0.29, 0.717) is 23.7 Å². The summed E-state index contributed by atoms with van der Waals surface area (Å²) in [6, 6.07) is 11.6. The minimum absolute atomic E-state index is 0.113. The summed E-state index contributed by atoms with van der Waals surface area (Å²) < 4.78 is 23.8. The number of nitrogens with zero attached hydrogens (tertiary/aromatic N) is 1. The van der Waals surface area contributed by atoms with Crippen molar-refractivity contribution in [1.82, 2.24) is 10.2 Å². The standard InChI is InChI=1S/C20H23ClN2O4S/c1-4-23(13-19(24)22-12-15-6-9-17(21)10-7-15)20(25)16-8-5-14(2)18(11-16)28(3,26)27/h5-11H,4,12-13H2,1-3H3,(H,22,24). The monoisotopic (exact) mass is 422 g/mol. The van der Waals surface area contributed by atoms with E-state index in [4.69, 9.17) is 11.6 Å². The Morgan fingerprint density at radius 2 is 1.75 bits per heavy atom. The van der Waals surface area contributed by atoms with Crippen LogP contribution in [0.1, 0.15) is 28.4 Å². The fourth-order valence-corrected chi connectivity index (χ4v) is 3.79. The van der Waals surface area contributed by atoms with Crippen LogP contribution in [0.25, 0.3) is 0 Å². The van der Waals surface area contributed by atoms with Crippen LogP contribution in [0.5, 0.6) is 0 Å². The number of amides is 2. The molecule has 0 unspecified atom stereocenters. The van der Waals surface area contributed by atoms with Crippen molar-refractivity contribution in [1.29, 1.82) is 0 Å². The average molecular weight is 423 g/mol. The molecule has 2 rings (SSSR count). The Balaban J connectivity index is 2.07. The van der Waals surface area contributed by atoms with Crippen molar-refractivity contribution in [3.8, 4) is 0 Å². The van der Waals surface area contributed by atoms with Gasteiger partial charge < -0.3 is 10.2 Å². The zero-order chi connectivity index (χ0) is 20.9. The molecule has 150 valence electrons. The van der Waals surface area contributed by atoms with Crippen LogP contribution in [0, 0.1) is 6.92 Å². The lowest BCUT2D eigenvalue weighted by molar-refractivity contribution is -0.121. The molecule has 6 nitrogen and oxygen atoms in total. The van der Waals surface area contributed by atoms with E-state index in [-0.39, 0.29) is 22.9 Å². The molecule has 28 heavy (non-hydrogen) atoms. The van der Waals surface area contributed by atoms with E-state index in [9.17, 15) is 18.0 Å². The number of benzene rings is 2. The predicted octanol–water partition coefficient (Wildman–Crippen LogP) is 2.83. The van der Waals surface area contributed by atoms with Gasteiger partial charge >= 0.3 is 0 Å². The van der Waals surface area contributed by atoms with Gasteiger partial charge in [-0.1, -0.05) is 29.8 Å². The van der Waals surface area contributed by atoms with Crippen LogP contribution < -0.4 is 5.32 Å². The fourth-order valence-electron chi connectivity index (χ4n) is 2.67. The molecular weight excluding hydrogens is 400 g/mol. The van der Waals surface area contributed by atoms with Crippen LogP contribution in [0.3, 0.4) is 0 Å². The lowest BCUT2D eigenvalue weighted by atomic mass is 10.1. The Morgan fingerprint density at radius 3 is 2.32 bits per heavy atom. The second-order valence-corrected chi connectivity index (χ2v) is 8.90. The number of aryl methyl sites for hydroxylation is 1. The van der Waals surface area contributed by atoms with Crippen LogP contribution in [-0.4, -0.2) is 44.5 Å². The topological polar surface area (TPSA) is 83.6 Å². The largest absolute Gasteiger partial charge is 0.350 e. The van der Waals surface area contributed by atoms with E-state index < -0.39 is 15.7 Å². The molecule has 1 N–H and O–H groups in total. The maximum absolute atomic E-state index is 12.8. The molecule has 8 heteroatoms. The molecule has 2 aromatic rings. The van der Waals surface area contributed by atoms with E-state index in [1.165, 1.54) is 11.0 Å². The lowest BCUT2D eigenvalue weighted by Gasteiger charge is -2.21. The molecule has 0 aliphatic rings. The Hall–Kier alpha value is -2.38. The van der Waals surface area contributed by atoms with Crippen molar-refractivity contribution in [3.05, 3.63) is 64.2 Å². The highest BCUT2D eigenvalue weighted by atomic mass is 35.5. The van der Waals surface area contributed by atoms with Gasteiger partial charge in [0.1, 0.15) is 0 Å². The zero-order valence-electron chi connectivity index (χ0n) is 16.0. The van der Waals surface area contributed by atoms with E-state index in [2.05, 4.69) is 5.32 Å². The van der Waals surface area contributed by atoms with Gasteiger partial charge in [-0.15, -0.1) is 0 Å². The summed E-state index contributed by atoms with van der Waals surface area (Å²) in [5, 5.41) is 3.38. The number of hydrogen-bond acceptors (Lipinski definition) is 4. The third-order valence-corrected chi connectivity index (χ3v) is 5.73. The molecule has 0 radical (unpaired) electrons. The summed E-state index contributed by atoms with van der Waals surface area (Å²) in [5.74, 6) is -0.699. The SMILES string of the molecule is CCN(CC(=O)NCc1ccc(Cl)cc1)C(=O)c1ccc(C)c(S(C)(=O)=O)c1. The van der Waals surface area contributed by atoms with E-state index in [0.717, 1.165) is 11.8 Å². The number of rotatable bonds is 7. The van der Waals surface area contributed by atoms with Crippen molar-refractivity contribution >= 4 is 33.3 Å². The number of carbonyl (C=O) groups is 2. The quantitative estimate of drug-likeness (QED) is 0.743. The molecule has 2 aromatic carbocycles. The van der Waals surface area contributed by atoms with Gasteiger partial charge in [0.15, 0.2) is 9.84 Å². The Kier molecular flexibility index (Phi) is 7.21. The molecule has 0 aliphatic heterocycles. The molecular formula is C20H23ClN2O4S. The lowest BCUT2D eigenvalue weighted by Crippen LogP contribution is -2.40. The van der Waals surface area contributed by atoms with Gasteiger partial charge in [0.05, 0.1) is 11.4 Å². The molecule has 0 saturated heterocycles. The predicted molar refractivity (Wildman–Crippen MR) is 109 cm³/mol. The van der Waals surface area contributed by atoms with Crippen molar-refractivity contribution in [3.63, 3.8) is 0 Å². The average Bonchev–Trinajstić information content (AvgIpc) is 2.64. The van der Waals surface area contributed by atoms with Gasteiger partial charge in [0.25, 0.3) is 5.91 Å². The summed E-state index contributed by atoms with van der Waals surface area (Å²) in [6.45, 7) is 3.95. The van der Waals surface area contributed by atoms with Crippen molar-refractivity contribution < 1.29 is 18.0 Å². The van der Waals surface area contributed by atoms with Crippen molar-refractivity contribution in [2.75, 3.05) is 19.3 Å². The minimum atomic E-state index is -3.45. The normalized spacial score (nSPS) is 11.1. The minimum Gasteiger partial charge on any atom is -0.350 e. The smallest absolute Gasteiger partial charge is 0.254 e. The summed E-state index contributed by atoms with van der Waals surface area (Å²) in [6.07, 6.45) is 1.10. The van der Waals surface area contributed by atoms with Crippen LogP contribution in [0.2, 0.25) is 5.02 Å². The third kappa shape index (κ3) is 5.81. The Labute approximate surface area is 170 Å². The first kappa shape index (κ1) is 21.9. The molecule has 0 bridgehead atoms. The Bertz CT molecular complexity index is 972. The number of carbonyl (C=O) groups excluding carboxylic acids is 2. The highest BCUT2D eigenvalue weighted by Gasteiger charge is 2.20. The van der Waals surface area contributed by atoms with Crippen LogP contribution in [-0.2, 0) is 21.2 Å². The van der Waals surface area contributed by atoms with E-state index in [1.54, 1.807) is 38.1 Å². The molecule has 0 aromatic heterocycles. The number of sulfone groups is 1. The van der Waals surface area contributed by atoms with Gasteiger partial charge in [0, 0.05) is 29.9 Å². The molecule has 0 spiro atoms. The summed E-state index contributed by atoms with van der Waals surface area (Å²) in [7, 11) is -3.45. The van der Waals surface area contributed by atoms with E-state index in [1.807, 2.05) is 12.1 Å². The molecule has 2 amide bonds. The molecule has 0 aliphatic carbocycles. The first-order valence-electron chi connectivity index (χ1n) is 8.73. The first-order valence-corrected chi connectivity index (χ1v) is 11.0. The molecule has 0 heterocycles. The summed E-state index contributed by atoms with van der Waals surface area (Å²) in [5.41, 5.74) is 1.70. The highest BCUT2D eigenvalue weighted by molar-refractivity contribution is 7.90. The number of likely N-dealkylation sites (N-methyl/N-ethyl adjacent to an activating group) is 1. The van der Waals surface area contributed by atoms with Crippen LogP contribution >= 0.6 is 11.6 Å². The van der Waals surface area contributed by atoms with Crippen molar-refractivity contribution in [2.24, 2.45) is 0 Å². The van der Waals surface area contributed by atoms with Crippen LogP contribution in [0.15, 0.2) is 47.4 Å². The maximum atomic E-state index is 12.8. The highest BCUT2D eigenvalue weighted by Crippen LogP contribution is 2.18. The second-order valence-electron chi connectivity index (χ2n) is 6.47. The fraction of sp³-hybridized carbons (Fsp3) is 0.300. The number of halogens is 1. The van der Waals surface area contributed by atoms with Crippen LogP contribution in [0.4, 0.5) is 0 Å². The van der Waals surface area contributed by atoms with Gasteiger partial charge in [-0.05, 0) is 49.2 Å². The summed E-state index contributed by atoms with van der Waals surface area (Å²) >= 11 is 5.83. The third-order valence-electron chi connectivity index (χ3n) is 4.24. The second kappa shape index (κ2) is 9.21. The zero-order valence-corrected chi connectivity index (χ0v) is 17.6. The maximum Gasteiger partial charge on any atom is 0.254 e. The molecule has 0 saturated carbocycles. The molecule has 0 fully saturated rings. The van der Waals surface area contributed by atoms with Gasteiger partial charge in [-0.2, -0.15) is 0 Å². The van der Waals surface area contributed by atoms with E-state index >= 15 is 0 Å². The van der Waals surface area contributed by atoms with Crippen molar-refractivity contribution in [2.45, 2.75) is 25.3 Å². The number of nitrogens with one attached hydrogen (secondary N) is 1. The van der Waals surface area contributed by atoms with Gasteiger partial charge in [-0.3, -0.25) is 9.59 Å². The molecule has 0 atom stereocenters. The number of hydrogen-bond donors (Lipinski definition) is 1. The Morgan fingerprint density at radius 1 is 1.11 bits per heavy atom. The van der Waals surface area contributed by atoms with Gasteiger partial charge in [0.2, 0.25) is 5.91 Å². The first-order chi connectivity index (χ1) is 13.1. The van der Waals surface area contributed by atoms with Gasteiger partial charge in [-0.25, -0.2) is 8.42 Å².